The van der Waals surface area contributed by atoms with Crippen LogP contribution in [0.1, 0.15) is 42.5 Å². The topological polar surface area (TPSA) is 52.6 Å². The molecule has 102 valence electrons. The van der Waals surface area contributed by atoms with Crippen molar-refractivity contribution in [3.05, 3.63) is 23.8 Å². The molecule has 4 heteroatoms. The number of para-hydroxylation sites is 1. The van der Waals surface area contributed by atoms with Gasteiger partial charge in [0.15, 0.2) is 17.8 Å². The molecule has 0 spiro atoms. The molecule has 0 aliphatic heterocycles. The highest BCUT2D eigenvalue weighted by Gasteiger charge is 2.21. The minimum Gasteiger partial charge on any atom is -0.493 e. The first-order chi connectivity index (χ1) is 9.24. The van der Waals surface area contributed by atoms with Crippen molar-refractivity contribution < 1.29 is 19.1 Å². The lowest BCUT2D eigenvalue weighted by Gasteiger charge is -2.12. The molecule has 0 amide bonds. The first-order valence-corrected chi connectivity index (χ1v) is 6.57. The van der Waals surface area contributed by atoms with Crippen LogP contribution in [0.4, 0.5) is 0 Å². The van der Waals surface area contributed by atoms with Crippen LogP contribution in [-0.2, 0) is 4.79 Å². The van der Waals surface area contributed by atoms with E-state index >= 15 is 0 Å². The van der Waals surface area contributed by atoms with Gasteiger partial charge in [0.2, 0.25) is 0 Å². The first-order valence-electron chi connectivity index (χ1n) is 6.57. The predicted octanol–water partition coefficient (Wildman–Crippen LogP) is 2.99. The van der Waals surface area contributed by atoms with Crippen LogP contribution in [0.5, 0.6) is 11.5 Å². The van der Waals surface area contributed by atoms with Crippen LogP contribution in [0, 0.1) is 5.92 Å². The maximum Gasteiger partial charge on any atom is 0.311 e. The summed E-state index contributed by atoms with van der Waals surface area (Å²) in [6.07, 6.45) is 5.62. The first kappa shape index (κ1) is 13.6. The number of rotatable bonds is 5. The summed E-state index contributed by atoms with van der Waals surface area (Å²) in [5.74, 6) is 0.758. The van der Waals surface area contributed by atoms with Crippen LogP contribution in [0.25, 0.3) is 0 Å². The maximum absolute atomic E-state index is 11.9. The molecule has 1 aromatic carbocycles. The van der Waals surface area contributed by atoms with E-state index in [9.17, 15) is 9.59 Å². The fourth-order valence-electron chi connectivity index (χ4n) is 2.50. The molecule has 0 bridgehead atoms. The van der Waals surface area contributed by atoms with Gasteiger partial charge in [-0.3, -0.25) is 9.59 Å². The van der Waals surface area contributed by atoms with E-state index in [0.29, 0.717) is 29.9 Å². The lowest BCUT2D eigenvalue weighted by molar-refractivity contribution is -0.135. The molecule has 1 aromatic rings. The average Bonchev–Trinajstić information content (AvgIpc) is 2.91. The SMILES string of the molecule is COc1cccc(C=O)c1OC(=O)CC1CCCC1. The molecule has 1 aliphatic carbocycles. The molecule has 0 aromatic heterocycles. The molecule has 2 rings (SSSR count). The Hall–Kier alpha value is -1.84. The number of methoxy groups -OCH3 is 1. The molecule has 1 fully saturated rings. The van der Waals surface area contributed by atoms with Crippen molar-refractivity contribution in [1.82, 2.24) is 0 Å². The Labute approximate surface area is 112 Å². The molecule has 19 heavy (non-hydrogen) atoms. The van der Waals surface area contributed by atoms with Gasteiger partial charge in [-0.1, -0.05) is 18.9 Å². The van der Waals surface area contributed by atoms with Crippen molar-refractivity contribution in [2.24, 2.45) is 5.92 Å². The van der Waals surface area contributed by atoms with Crippen molar-refractivity contribution in [2.75, 3.05) is 7.11 Å². The van der Waals surface area contributed by atoms with Crippen LogP contribution in [-0.4, -0.2) is 19.4 Å². The second kappa shape index (κ2) is 6.36. The second-order valence-electron chi connectivity index (χ2n) is 4.83. The van der Waals surface area contributed by atoms with E-state index in [-0.39, 0.29) is 11.7 Å². The van der Waals surface area contributed by atoms with Gasteiger partial charge in [-0.25, -0.2) is 0 Å². The summed E-state index contributed by atoms with van der Waals surface area (Å²) in [6.45, 7) is 0. The quantitative estimate of drug-likeness (QED) is 0.465. The van der Waals surface area contributed by atoms with E-state index in [2.05, 4.69) is 0 Å². The van der Waals surface area contributed by atoms with Crippen molar-refractivity contribution in [2.45, 2.75) is 32.1 Å². The number of esters is 1. The summed E-state index contributed by atoms with van der Waals surface area (Å²) in [7, 11) is 1.48. The largest absolute Gasteiger partial charge is 0.493 e. The molecular weight excluding hydrogens is 244 g/mol. The van der Waals surface area contributed by atoms with Crippen LogP contribution in [0.3, 0.4) is 0 Å². The smallest absolute Gasteiger partial charge is 0.311 e. The van der Waals surface area contributed by atoms with Crippen LogP contribution >= 0.6 is 0 Å². The lowest BCUT2D eigenvalue weighted by atomic mass is 10.0. The summed E-state index contributed by atoms with van der Waals surface area (Å²) in [4.78, 5) is 22.9. The molecular formula is C15H18O4. The van der Waals surface area contributed by atoms with Crippen LogP contribution in [0.2, 0.25) is 0 Å². The Morgan fingerprint density at radius 2 is 2.11 bits per heavy atom. The van der Waals surface area contributed by atoms with Crippen molar-refractivity contribution in [3.63, 3.8) is 0 Å². The number of carbonyl (C=O) groups excluding carboxylic acids is 2. The Morgan fingerprint density at radius 1 is 1.37 bits per heavy atom. The normalized spacial score (nSPS) is 15.2. The molecule has 4 nitrogen and oxygen atoms in total. The van der Waals surface area contributed by atoms with Gasteiger partial charge in [-0.15, -0.1) is 0 Å². The zero-order chi connectivity index (χ0) is 13.7. The molecule has 0 radical (unpaired) electrons. The fourth-order valence-corrected chi connectivity index (χ4v) is 2.50. The standard InChI is InChI=1S/C15H18O4/c1-18-13-8-4-7-12(10-16)15(13)19-14(17)9-11-5-2-3-6-11/h4,7-8,10-11H,2-3,5-6,9H2,1H3. The van der Waals surface area contributed by atoms with Crippen LogP contribution in [0.15, 0.2) is 18.2 Å². The van der Waals surface area contributed by atoms with E-state index in [1.54, 1.807) is 18.2 Å². The summed E-state index contributed by atoms with van der Waals surface area (Å²) in [6, 6.07) is 4.97. The van der Waals surface area contributed by atoms with Crippen LogP contribution < -0.4 is 9.47 Å². The third kappa shape index (κ3) is 3.34. The number of carbonyl (C=O) groups is 2. The Morgan fingerprint density at radius 3 is 2.74 bits per heavy atom. The van der Waals surface area contributed by atoms with Gasteiger partial charge in [0.25, 0.3) is 0 Å². The number of hydrogen-bond donors (Lipinski definition) is 0. The lowest BCUT2D eigenvalue weighted by Crippen LogP contribution is -2.13. The molecule has 1 aliphatic rings. The summed E-state index contributed by atoms with van der Waals surface area (Å²) >= 11 is 0. The van der Waals surface area contributed by atoms with Crippen molar-refractivity contribution >= 4 is 12.3 Å². The molecule has 0 heterocycles. The van der Waals surface area contributed by atoms with Gasteiger partial charge in [0.05, 0.1) is 12.7 Å². The van der Waals surface area contributed by atoms with E-state index in [1.807, 2.05) is 0 Å². The Kier molecular flexibility index (Phi) is 4.55. The van der Waals surface area contributed by atoms with Gasteiger partial charge in [-0.2, -0.15) is 0 Å². The third-order valence-electron chi connectivity index (χ3n) is 3.50. The highest BCUT2D eigenvalue weighted by atomic mass is 16.6. The summed E-state index contributed by atoms with van der Waals surface area (Å²) in [5.41, 5.74) is 0.333. The predicted molar refractivity (Wildman–Crippen MR) is 70.6 cm³/mol. The van der Waals surface area contributed by atoms with Crippen molar-refractivity contribution in [1.29, 1.82) is 0 Å². The zero-order valence-corrected chi connectivity index (χ0v) is 11.1. The number of ether oxygens (including phenoxy) is 2. The molecule has 0 N–H and O–H groups in total. The third-order valence-corrected chi connectivity index (χ3v) is 3.50. The van der Waals surface area contributed by atoms with Gasteiger partial charge in [0.1, 0.15) is 0 Å². The maximum atomic E-state index is 11.9. The van der Waals surface area contributed by atoms with Gasteiger partial charge in [0, 0.05) is 6.42 Å². The fraction of sp³-hybridized carbons (Fsp3) is 0.467. The van der Waals surface area contributed by atoms with Crippen molar-refractivity contribution in [3.8, 4) is 11.5 Å². The number of benzene rings is 1. The average molecular weight is 262 g/mol. The van der Waals surface area contributed by atoms with E-state index in [1.165, 1.54) is 20.0 Å². The highest BCUT2D eigenvalue weighted by molar-refractivity contribution is 5.84. The molecule has 1 saturated carbocycles. The highest BCUT2D eigenvalue weighted by Crippen LogP contribution is 2.32. The minimum absolute atomic E-state index is 0.225. The summed E-state index contributed by atoms with van der Waals surface area (Å²) < 4.78 is 10.4. The van der Waals surface area contributed by atoms with E-state index in [4.69, 9.17) is 9.47 Å². The Balaban J connectivity index is 2.08. The minimum atomic E-state index is -0.292. The van der Waals surface area contributed by atoms with E-state index in [0.717, 1.165) is 12.8 Å². The molecule has 0 saturated heterocycles. The van der Waals surface area contributed by atoms with Gasteiger partial charge < -0.3 is 9.47 Å². The van der Waals surface area contributed by atoms with E-state index < -0.39 is 0 Å². The number of aldehydes is 1. The molecule has 0 unspecified atom stereocenters. The summed E-state index contributed by atoms with van der Waals surface area (Å²) in [5, 5.41) is 0. The monoisotopic (exact) mass is 262 g/mol. The number of hydrogen-bond acceptors (Lipinski definition) is 4. The second-order valence-corrected chi connectivity index (χ2v) is 4.83. The van der Waals surface area contributed by atoms with Gasteiger partial charge in [-0.05, 0) is 30.9 Å². The molecule has 0 atom stereocenters. The zero-order valence-electron chi connectivity index (χ0n) is 11.1. The Bertz CT molecular complexity index is 461. The van der Waals surface area contributed by atoms with Gasteiger partial charge >= 0.3 is 5.97 Å².